The molecule has 0 saturated carbocycles. The molecule has 5 heteroatoms. The van der Waals surface area contributed by atoms with Gasteiger partial charge in [0.25, 0.3) is 0 Å². The first-order valence-corrected chi connectivity index (χ1v) is 11.5. The van der Waals surface area contributed by atoms with E-state index in [1.807, 2.05) is 30.3 Å². The zero-order chi connectivity index (χ0) is 23.0. The van der Waals surface area contributed by atoms with E-state index in [2.05, 4.69) is 78.7 Å². The number of Topliss-reactive ketones (excluding diaryl/α,β-unsaturated/α-hetero) is 1. The van der Waals surface area contributed by atoms with Gasteiger partial charge in [-0.3, -0.25) is 4.79 Å². The topological polar surface area (TPSA) is 52.9 Å². The summed E-state index contributed by atoms with van der Waals surface area (Å²) < 4.78 is 4.28. The van der Waals surface area contributed by atoms with Crippen molar-refractivity contribution in [2.24, 2.45) is 4.02 Å². The van der Waals surface area contributed by atoms with E-state index in [4.69, 9.17) is 0 Å². The fourth-order valence-electron chi connectivity index (χ4n) is 4.18. The maximum Gasteiger partial charge on any atom is 0.182 e. The van der Waals surface area contributed by atoms with Gasteiger partial charge < -0.3 is 10.0 Å². The molecule has 3 rings (SSSR count). The first-order valence-electron chi connectivity index (χ1n) is 10.8. The Labute approximate surface area is 194 Å². The maximum absolute atomic E-state index is 13.4. The Kier molecular flexibility index (Phi) is 6.66. The van der Waals surface area contributed by atoms with Crippen molar-refractivity contribution in [2.45, 2.75) is 64.7 Å². The average molecular weight is 485 g/mol. The van der Waals surface area contributed by atoms with Crippen LogP contribution in [0.5, 0.6) is 5.75 Å². The Morgan fingerprint density at radius 2 is 1.61 bits per heavy atom. The highest BCUT2D eigenvalue weighted by Gasteiger charge is 2.32. The minimum absolute atomic E-state index is 0.0401. The Hall–Kier alpha value is -2.14. The molecule has 1 fully saturated rings. The number of halogens is 1. The smallest absolute Gasteiger partial charge is 0.182 e. The molecule has 31 heavy (non-hydrogen) atoms. The van der Waals surface area contributed by atoms with Gasteiger partial charge in [-0.05, 0) is 28.5 Å². The monoisotopic (exact) mass is 484 g/mol. The van der Waals surface area contributed by atoms with Crippen LogP contribution < -0.4 is 0 Å². The second-order valence-corrected chi connectivity index (χ2v) is 10.9. The molecule has 1 heterocycles. The Balaban J connectivity index is 1.91. The van der Waals surface area contributed by atoms with Gasteiger partial charge in [-0.1, -0.05) is 71.9 Å². The normalized spacial score (nSPS) is 18.6. The lowest BCUT2D eigenvalue weighted by molar-refractivity contribution is 0.0965. The summed E-state index contributed by atoms with van der Waals surface area (Å²) >= 11 is 3.25. The molecule has 0 spiro atoms. The number of rotatable bonds is 4. The predicted octanol–water partition coefficient (Wildman–Crippen LogP) is 6.37. The van der Waals surface area contributed by atoms with Crippen molar-refractivity contribution >= 4 is 27.8 Å². The molecule has 4 nitrogen and oxygen atoms in total. The first-order chi connectivity index (χ1) is 14.4. The summed E-state index contributed by atoms with van der Waals surface area (Å²) in [5.41, 5.74) is 2.98. The number of carbonyl (C=O) groups excluding carboxylic acids is 1. The lowest BCUT2D eigenvalue weighted by atomic mass is 9.78. The van der Waals surface area contributed by atoms with Crippen LogP contribution in [-0.4, -0.2) is 34.7 Å². The third-order valence-corrected chi connectivity index (χ3v) is 6.40. The maximum atomic E-state index is 13.4. The minimum Gasteiger partial charge on any atom is -0.507 e. The lowest BCUT2D eigenvalue weighted by Gasteiger charge is -2.28. The SMILES string of the molecule is CC(C)(C)c1cc(C(=O)CN2CC(c3ccccc3)C/C2=N/Br)cc(C(C)(C)C)c1O. The quantitative estimate of drug-likeness (QED) is 0.512. The zero-order valence-corrected chi connectivity index (χ0v) is 21.0. The number of benzene rings is 2. The number of phenolic OH excluding ortho intramolecular Hbond substituents is 1. The van der Waals surface area contributed by atoms with Crippen LogP contribution in [-0.2, 0) is 10.8 Å². The highest BCUT2D eigenvalue weighted by molar-refractivity contribution is 9.08. The zero-order valence-electron chi connectivity index (χ0n) is 19.4. The van der Waals surface area contributed by atoms with Crippen LogP contribution >= 0.6 is 16.1 Å². The van der Waals surface area contributed by atoms with Crippen molar-refractivity contribution in [3.63, 3.8) is 0 Å². The lowest BCUT2D eigenvalue weighted by Crippen LogP contribution is -2.31. The van der Waals surface area contributed by atoms with E-state index in [0.717, 1.165) is 29.9 Å². The van der Waals surface area contributed by atoms with Crippen LogP contribution in [0, 0.1) is 0 Å². The third-order valence-electron chi connectivity index (χ3n) is 5.99. The minimum atomic E-state index is -0.269. The van der Waals surface area contributed by atoms with Crippen molar-refractivity contribution in [1.29, 1.82) is 0 Å². The summed E-state index contributed by atoms with van der Waals surface area (Å²) in [4.78, 5) is 15.4. The van der Waals surface area contributed by atoms with Crippen LogP contribution in [0.3, 0.4) is 0 Å². The molecule has 0 radical (unpaired) electrons. The molecule has 0 bridgehead atoms. The van der Waals surface area contributed by atoms with E-state index in [-0.39, 0.29) is 23.2 Å². The summed E-state index contributed by atoms with van der Waals surface area (Å²) in [6.07, 6.45) is 0.804. The van der Waals surface area contributed by atoms with E-state index in [9.17, 15) is 9.90 Å². The number of aromatic hydroxyl groups is 1. The van der Waals surface area contributed by atoms with Gasteiger partial charge in [0.2, 0.25) is 0 Å². The summed E-state index contributed by atoms with van der Waals surface area (Å²) in [6.45, 7) is 13.4. The van der Waals surface area contributed by atoms with Gasteiger partial charge in [-0.25, -0.2) is 0 Å². The van der Waals surface area contributed by atoms with Crippen molar-refractivity contribution in [3.8, 4) is 5.75 Å². The highest BCUT2D eigenvalue weighted by atomic mass is 79.9. The molecule has 0 amide bonds. The van der Waals surface area contributed by atoms with Gasteiger partial charge in [-0.15, -0.1) is 0 Å². The molecule has 1 N–H and O–H groups in total. The number of phenols is 1. The number of hydrogen-bond acceptors (Lipinski definition) is 3. The molecule has 1 atom stereocenters. The van der Waals surface area contributed by atoms with E-state index < -0.39 is 0 Å². The molecular formula is C26H33BrN2O2. The molecule has 1 saturated heterocycles. The number of amidine groups is 1. The number of carbonyl (C=O) groups is 1. The standard InChI is InChI=1S/C26H33BrN2O2/c1-25(2,3)20-12-18(13-21(24(20)31)26(4,5)6)22(30)16-29-15-19(14-23(29)28-27)17-10-8-7-9-11-17/h7-13,19,31H,14-16H2,1-6H3/b28-23-. The first kappa shape index (κ1) is 23.5. The van der Waals surface area contributed by atoms with Crippen LogP contribution in [0.1, 0.15) is 80.9 Å². The van der Waals surface area contributed by atoms with Gasteiger partial charge in [-0.2, -0.15) is 4.02 Å². The molecule has 0 aliphatic carbocycles. The molecule has 1 unspecified atom stereocenters. The van der Waals surface area contributed by atoms with Crippen LogP contribution in [0.25, 0.3) is 0 Å². The van der Waals surface area contributed by atoms with Crippen LogP contribution in [0.15, 0.2) is 46.5 Å². The number of hydrogen-bond donors (Lipinski definition) is 1. The predicted molar refractivity (Wildman–Crippen MR) is 132 cm³/mol. The summed E-state index contributed by atoms with van der Waals surface area (Å²) in [5, 5.41) is 10.9. The molecule has 1 aliphatic rings. The fourth-order valence-corrected chi connectivity index (χ4v) is 4.55. The second kappa shape index (κ2) is 8.78. The van der Waals surface area contributed by atoms with E-state index in [1.54, 1.807) is 0 Å². The Morgan fingerprint density at radius 3 is 2.10 bits per heavy atom. The largest absolute Gasteiger partial charge is 0.507 e. The second-order valence-electron chi connectivity index (χ2n) is 10.5. The molecule has 0 aromatic heterocycles. The number of nitrogens with zero attached hydrogens (tertiary/aromatic N) is 2. The summed E-state index contributed by atoms with van der Waals surface area (Å²) in [7, 11) is 0. The van der Waals surface area contributed by atoms with E-state index >= 15 is 0 Å². The summed E-state index contributed by atoms with van der Waals surface area (Å²) in [6, 6.07) is 14.1. The van der Waals surface area contributed by atoms with Crippen molar-refractivity contribution in [1.82, 2.24) is 4.90 Å². The molecule has 166 valence electrons. The fraction of sp³-hybridized carbons (Fsp3) is 0.462. The van der Waals surface area contributed by atoms with Crippen molar-refractivity contribution < 1.29 is 9.90 Å². The highest BCUT2D eigenvalue weighted by Crippen LogP contribution is 2.40. The van der Waals surface area contributed by atoms with Gasteiger partial charge in [0.1, 0.15) is 11.6 Å². The van der Waals surface area contributed by atoms with Crippen LogP contribution in [0.4, 0.5) is 0 Å². The van der Waals surface area contributed by atoms with Crippen LogP contribution in [0.2, 0.25) is 0 Å². The van der Waals surface area contributed by atoms with Crippen molar-refractivity contribution in [2.75, 3.05) is 13.1 Å². The Morgan fingerprint density at radius 1 is 1.06 bits per heavy atom. The van der Waals surface area contributed by atoms with Gasteiger partial charge in [0.15, 0.2) is 5.78 Å². The molecule has 2 aromatic carbocycles. The third kappa shape index (κ3) is 5.20. The average Bonchev–Trinajstić information content (AvgIpc) is 3.09. The summed E-state index contributed by atoms with van der Waals surface area (Å²) in [5.74, 6) is 1.55. The molecule has 1 aliphatic heterocycles. The van der Waals surface area contributed by atoms with Crippen molar-refractivity contribution in [3.05, 3.63) is 64.7 Å². The van der Waals surface area contributed by atoms with E-state index in [0.29, 0.717) is 17.2 Å². The molecule has 2 aromatic rings. The van der Waals surface area contributed by atoms with Gasteiger partial charge in [0, 0.05) is 35.6 Å². The number of ketones is 1. The van der Waals surface area contributed by atoms with E-state index in [1.165, 1.54) is 5.56 Å². The Bertz CT molecular complexity index is 950. The molecular weight excluding hydrogens is 452 g/mol. The van der Waals surface area contributed by atoms with Gasteiger partial charge >= 0.3 is 0 Å². The van der Waals surface area contributed by atoms with Gasteiger partial charge in [0.05, 0.1) is 22.7 Å². The number of likely N-dealkylation sites (tertiary alicyclic amines) is 1.